The van der Waals surface area contributed by atoms with E-state index in [0.717, 1.165) is 37.3 Å². The molecule has 2 aromatic heterocycles. The average molecular weight is 542 g/mol. The second-order valence-electron chi connectivity index (χ2n) is 9.50. The maximum atomic E-state index is 13.3. The van der Waals surface area contributed by atoms with E-state index in [1.54, 1.807) is 39.0 Å². The zero-order valence-electron chi connectivity index (χ0n) is 22.0. The van der Waals surface area contributed by atoms with Crippen molar-refractivity contribution in [3.05, 3.63) is 46.3 Å². The Bertz CT molecular complexity index is 1300. The van der Waals surface area contributed by atoms with Gasteiger partial charge in [-0.2, -0.15) is 4.98 Å². The van der Waals surface area contributed by atoms with Gasteiger partial charge in [0.1, 0.15) is 4.88 Å². The fourth-order valence-electron chi connectivity index (χ4n) is 4.54. The average Bonchev–Trinajstić information content (AvgIpc) is 3.49. The summed E-state index contributed by atoms with van der Waals surface area (Å²) in [5.74, 6) is -0.000226. The van der Waals surface area contributed by atoms with Gasteiger partial charge in [-0.3, -0.25) is 9.59 Å². The summed E-state index contributed by atoms with van der Waals surface area (Å²) in [4.78, 5) is 48.8. The lowest BCUT2D eigenvalue weighted by molar-refractivity contribution is -0.886. The lowest BCUT2D eigenvalue weighted by Gasteiger charge is -2.32. The normalized spacial score (nSPS) is 18.0. The molecule has 3 N–H and O–H groups in total. The zero-order chi connectivity index (χ0) is 27.2. The molecule has 1 saturated heterocycles. The van der Waals surface area contributed by atoms with E-state index < -0.39 is 5.97 Å². The van der Waals surface area contributed by atoms with E-state index >= 15 is 0 Å². The number of carbonyl (C=O) groups excluding carboxylic acids is 3. The fourth-order valence-corrected chi connectivity index (χ4v) is 5.42. The highest BCUT2D eigenvalue weighted by molar-refractivity contribution is 7.17. The number of aromatic nitrogens is 3. The van der Waals surface area contributed by atoms with Crippen molar-refractivity contribution in [1.82, 2.24) is 20.4 Å². The molecule has 0 bridgehead atoms. The summed E-state index contributed by atoms with van der Waals surface area (Å²) in [5, 5.41) is 10.2. The predicted octanol–water partition coefficient (Wildman–Crippen LogP) is 2.04. The van der Waals surface area contributed by atoms with Crippen LogP contribution in [0.3, 0.4) is 0 Å². The lowest BCUT2D eigenvalue weighted by Crippen LogP contribution is -3.10. The molecule has 0 spiro atoms. The first-order valence-corrected chi connectivity index (χ1v) is 13.5. The van der Waals surface area contributed by atoms with Crippen LogP contribution < -0.4 is 15.5 Å². The van der Waals surface area contributed by atoms with Crippen molar-refractivity contribution in [1.29, 1.82) is 0 Å². The van der Waals surface area contributed by atoms with E-state index in [1.165, 1.54) is 4.90 Å². The van der Waals surface area contributed by atoms with E-state index in [2.05, 4.69) is 32.8 Å². The molecule has 12 heteroatoms. The number of ether oxygens (including phenoxy) is 1. The minimum Gasteiger partial charge on any atom is -0.462 e. The molecule has 4 rings (SSSR count). The second-order valence-corrected chi connectivity index (χ2v) is 10.5. The summed E-state index contributed by atoms with van der Waals surface area (Å²) < 4.78 is 10.1. The molecule has 1 unspecified atom stereocenters. The number of hydrogen-bond acceptors (Lipinski definition) is 9. The number of amides is 2. The molecule has 38 heavy (non-hydrogen) atoms. The molecule has 1 atom stereocenters. The number of nitrogens with zero attached hydrogens (tertiary/aromatic N) is 3. The number of benzene rings is 1. The molecular weight excluding hydrogens is 508 g/mol. The van der Waals surface area contributed by atoms with Gasteiger partial charge in [0.25, 0.3) is 5.91 Å². The third-order valence-electron chi connectivity index (χ3n) is 6.59. The summed E-state index contributed by atoms with van der Waals surface area (Å²) in [6, 6.07) is 6.65. The highest BCUT2D eigenvalue weighted by Gasteiger charge is 2.31. The Morgan fingerprint density at radius 3 is 2.66 bits per heavy atom. The summed E-state index contributed by atoms with van der Waals surface area (Å²) in [6.45, 7) is 7.34. The minimum absolute atomic E-state index is 0.0898. The van der Waals surface area contributed by atoms with E-state index in [1.807, 2.05) is 6.07 Å². The molecule has 202 valence electrons. The molecule has 0 saturated carbocycles. The van der Waals surface area contributed by atoms with Crippen molar-refractivity contribution >= 4 is 34.3 Å². The van der Waals surface area contributed by atoms with Gasteiger partial charge < -0.3 is 24.8 Å². The van der Waals surface area contributed by atoms with Crippen LogP contribution in [0.15, 0.2) is 28.8 Å². The first kappa shape index (κ1) is 27.4. The standard InChI is InChI=1S/C26H32N6O5S/c1-5-36-25(35)22-15(2)27-26(38-22)30-21(33)14-20(17-9-11-32(4)12-10-17)29-24(34)19-8-6-7-18(13-19)23-28-16(3)37-31-23/h6-8,13,17,20H,5,9-12,14H2,1-4H3,(H,29,34)(H,27,30,33)/p+1. The Balaban J connectivity index is 1.47. The van der Waals surface area contributed by atoms with Gasteiger partial charge >= 0.3 is 5.97 Å². The number of anilines is 1. The SMILES string of the molecule is CCOC(=O)c1sc(NC(=O)CC(NC(=O)c2cccc(-c3noc(C)n3)c2)C2CC[NH+](C)CC2)nc1C. The zero-order valence-corrected chi connectivity index (χ0v) is 22.8. The molecule has 1 fully saturated rings. The topological polar surface area (TPSA) is 141 Å². The smallest absolute Gasteiger partial charge is 0.350 e. The van der Waals surface area contributed by atoms with Gasteiger partial charge in [-0.05, 0) is 31.9 Å². The Labute approximate surface area is 225 Å². The van der Waals surface area contributed by atoms with Gasteiger partial charge in [-0.1, -0.05) is 28.6 Å². The van der Waals surface area contributed by atoms with Crippen LogP contribution in [-0.2, 0) is 9.53 Å². The molecule has 0 aliphatic carbocycles. The molecule has 11 nitrogen and oxygen atoms in total. The lowest BCUT2D eigenvalue weighted by atomic mass is 9.87. The molecule has 1 aliphatic heterocycles. The fraction of sp³-hybridized carbons (Fsp3) is 0.462. The number of likely N-dealkylation sites (tertiary alicyclic amines) is 1. The van der Waals surface area contributed by atoms with Crippen molar-refractivity contribution in [2.75, 3.05) is 32.1 Å². The maximum absolute atomic E-state index is 13.3. The Morgan fingerprint density at radius 1 is 1.21 bits per heavy atom. The van der Waals surface area contributed by atoms with E-state index in [4.69, 9.17) is 9.26 Å². The van der Waals surface area contributed by atoms with Crippen LogP contribution >= 0.6 is 11.3 Å². The van der Waals surface area contributed by atoms with Crippen LogP contribution in [0.2, 0.25) is 0 Å². The van der Waals surface area contributed by atoms with E-state index in [0.29, 0.717) is 38.5 Å². The predicted molar refractivity (Wildman–Crippen MR) is 141 cm³/mol. The number of hydrogen-bond donors (Lipinski definition) is 3. The van der Waals surface area contributed by atoms with Gasteiger partial charge in [0.05, 0.1) is 32.4 Å². The summed E-state index contributed by atoms with van der Waals surface area (Å²) in [5.41, 5.74) is 1.62. The van der Waals surface area contributed by atoms with E-state index in [-0.39, 0.29) is 36.8 Å². The largest absolute Gasteiger partial charge is 0.462 e. The second kappa shape index (κ2) is 12.3. The van der Waals surface area contributed by atoms with Crippen LogP contribution in [0.4, 0.5) is 5.13 Å². The maximum Gasteiger partial charge on any atom is 0.350 e. The van der Waals surface area contributed by atoms with Crippen molar-refractivity contribution in [2.45, 2.75) is 46.1 Å². The Kier molecular flexibility index (Phi) is 8.85. The van der Waals surface area contributed by atoms with Crippen molar-refractivity contribution in [3.8, 4) is 11.4 Å². The van der Waals surface area contributed by atoms with Gasteiger partial charge in [0.2, 0.25) is 17.6 Å². The number of esters is 1. The molecular formula is C26H33N6O5S+. The third kappa shape index (κ3) is 6.81. The summed E-state index contributed by atoms with van der Waals surface area (Å²) in [6.07, 6.45) is 1.89. The molecule has 2 amide bonds. The first-order chi connectivity index (χ1) is 18.2. The highest BCUT2D eigenvalue weighted by Crippen LogP contribution is 2.25. The molecule has 3 aromatic rings. The number of carbonyl (C=O) groups is 3. The van der Waals surface area contributed by atoms with Crippen LogP contribution in [0.5, 0.6) is 0 Å². The molecule has 1 aromatic carbocycles. The Morgan fingerprint density at radius 2 is 1.97 bits per heavy atom. The number of rotatable bonds is 9. The van der Waals surface area contributed by atoms with E-state index in [9.17, 15) is 14.4 Å². The van der Waals surface area contributed by atoms with Crippen molar-refractivity contribution in [2.24, 2.45) is 5.92 Å². The van der Waals surface area contributed by atoms with Gasteiger partial charge in [0, 0.05) is 43.4 Å². The quantitative estimate of drug-likeness (QED) is 0.350. The first-order valence-electron chi connectivity index (χ1n) is 12.7. The van der Waals surface area contributed by atoms with Gasteiger partial charge in [0.15, 0.2) is 5.13 Å². The third-order valence-corrected chi connectivity index (χ3v) is 7.64. The van der Waals surface area contributed by atoms with Crippen LogP contribution in [-0.4, -0.2) is 65.7 Å². The monoisotopic (exact) mass is 541 g/mol. The minimum atomic E-state index is -0.458. The van der Waals surface area contributed by atoms with Crippen molar-refractivity contribution < 1.29 is 28.5 Å². The number of thiazole rings is 1. The number of aryl methyl sites for hydroxylation is 2. The number of quaternary nitrogens is 1. The van der Waals surface area contributed by atoms with Crippen molar-refractivity contribution in [3.63, 3.8) is 0 Å². The Hall–Kier alpha value is -3.64. The molecule has 0 radical (unpaired) electrons. The number of piperidine rings is 1. The van der Waals surface area contributed by atoms with Crippen LogP contribution in [0.1, 0.15) is 57.8 Å². The molecule has 3 heterocycles. The highest BCUT2D eigenvalue weighted by atomic mass is 32.1. The van der Waals surface area contributed by atoms with Gasteiger partial charge in [-0.25, -0.2) is 9.78 Å². The number of nitrogens with one attached hydrogen (secondary N) is 3. The molecule has 1 aliphatic rings. The van der Waals surface area contributed by atoms with Crippen LogP contribution in [0, 0.1) is 19.8 Å². The summed E-state index contributed by atoms with van der Waals surface area (Å²) >= 11 is 1.08. The van der Waals surface area contributed by atoms with Crippen LogP contribution in [0.25, 0.3) is 11.4 Å². The summed E-state index contributed by atoms with van der Waals surface area (Å²) in [7, 11) is 2.15. The van der Waals surface area contributed by atoms with Gasteiger partial charge in [-0.15, -0.1) is 0 Å².